The lowest BCUT2D eigenvalue weighted by molar-refractivity contribution is -0.384. The second-order valence-corrected chi connectivity index (χ2v) is 8.46. The molecule has 9 nitrogen and oxygen atoms in total. The summed E-state index contributed by atoms with van der Waals surface area (Å²) in [4.78, 5) is 12.4. The quantitative estimate of drug-likeness (QED) is 0.474. The minimum atomic E-state index is -3.66. The molecule has 1 saturated heterocycles. The van der Waals surface area contributed by atoms with Gasteiger partial charge in [0.1, 0.15) is 18.1 Å². The Balaban J connectivity index is 1.48. The second-order valence-electron chi connectivity index (χ2n) is 6.52. The van der Waals surface area contributed by atoms with Crippen molar-refractivity contribution in [3.8, 4) is 11.5 Å². The Kier molecular flexibility index (Phi) is 6.68. The SMILES string of the molecule is COc1ccc(OCCN2CCN(S(=O)(=O)c3ccc([N+](=O)[O-])cc3)CC2)cc1. The first-order valence-electron chi connectivity index (χ1n) is 9.14. The van der Waals surface area contributed by atoms with Crippen molar-refractivity contribution in [2.45, 2.75) is 4.90 Å². The van der Waals surface area contributed by atoms with Gasteiger partial charge < -0.3 is 9.47 Å². The van der Waals surface area contributed by atoms with Crippen LogP contribution in [0.2, 0.25) is 0 Å². The highest BCUT2D eigenvalue weighted by Crippen LogP contribution is 2.21. The third-order valence-corrected chi connectivity index (χ3v) is 6.67. The Morgan fingerprint density at radius 3 is 2.10 bits per heavy atom. The Hall–Kier alpha value is -2.69. The van der Waals surface area contributed by atoms with Crippen LogP contribution in [0, 0.1) is 10.1 Å². The highest BCUT2D eigenvalue weighted by atomic mass is 32.2. The van der Waals surface area contributed by atoms with Gasteiger partial charge in [0.05, 0.1) is 16.9 Å². The van der Waals surface area contributed by atoms with Crippen LogP contribution in [0.3, 0.4) is 0 Å². The topological polar surface area (TPSA) is 102 Å². The number of benzene rings is 2. The predicted octanol–water partition coefficient (Wildman–Crippen LogP) is 1.99. The molecule has 10 heteroatoms. The van der Waals surface area contributed by atoms with Crippen molar-refractivity contribution in [1.82, 2.24) is 9.21 Å². The highest BCUT2D eigenvalue weighted by Gasteiger charge is 2.28. The standard InChI is InChI=1S/C19H23N3O6S/c1-27-17-4-6-18(7-5-17)28-15-14-20-10-12-21(13-11-20)29(25,26)19-8-2-16(3-9-19)22(23)24/h2-9H,10-15H2,1H3. The van der Waals surface area contributed by atoms with E-state index in [0.29, 0.717) is 39.3 Å². The van der Waals surface area contributed by atoms with Crippen molar-refractivity contribution < 1.29 is 22.8 Å². The monoisotopic (exact) mass is 421 g/mol. The molecule has 1 aliphatic rings. The number of hydrogen-bond acceptors (Lipinski definition) is 7. The van der Waals surface area contributed by atoms with Crippen LogP contribution in [0.15, 0.2) is 53.4 Å². The average Bonchev–Trinajstić information content (AvgIpc) is 2.74. The number of nitrogens with zero attached hydrogens (tertiary/aromatic N) is 3. The predicted molar refractivity (Wildman–Crippen MR) is 107 cm³/mol. The molecule has 3 rings (SSSR count). The Bertz CT molecular complexity index is 923. The lowest BCUT2D eigenvalue weighted by Gasteiger charge is -2.33. The normalized spacial score (nSPS) is 15.8. The molecule has 29 heavy (non-hydrogen) atoms. The molecular formula is C19H23N3O6S. The Morgan fingerprint density at radius 1 is 0.966 bits per heavy atom. The van der Waals surface area contributed by atoms with Gasteiger partial charge in [-0.25, -0.2) is 8.42 Å². The summed E-state index contributed by atoms with van der Waals surface area (Å²) in [5.74, 6) is 1.52. The van der Waals surface area contributed by atoms with Crippen LogP contribution in [0.1, 0.15) is 0 Å². The number of ether oxygens (including phenoxy) is 2. The molecule has 1 aliphatic heterocycles. The van der Waals surface area contributed by atoms with Gasteiger partial charge in [-0.2, -0.15) is 4.31 Å². The van der Waals surface area contributed by atoms with Crippen molar-refractivity contribution in [2.24, 2.45) is 0 Å². The molecule has 2 aromatic carbocycles. The number of rotatable bonds is 8. The van der Waals surface area contributed by atoms with E-state index in [-0.39, 0.29) is 10.6 Å². The highest BCUT2D eigenvalue weighted by molar-refractivity contribution is 7.89. The molecule has 0 unspecified atom stereocenters. The molecule has 0 bridgehead atoms. The Morgan fingerprint density at radius 2 is 1.55 bits per heavy atom. The molecule has 0 aliphatic carbocycles. The van der Waals surface area contributed by atoms with Gasteiger partial charge in [-0.1, -0.05) is 0 Å². The molecule has 0 aromatic heterocycles. The minimum Gasteiger partial charge on any atom is -0.497 e. The second kappa shape index (κ2) is 9.21. The summed E-state index contributed by atoms with van der Waals surface area (Å²) in [7, 11) is -2.05. The molecule has 156 valence electrons. The third-order valence-electron chi connectivity index (χ3n) is 4.75. The van der Waals surface area contributed by atoms with Gasteiger partial charge in [0.15, 0.2) is 0 Å². The van der Waals surface area contributed by atoms with Crippen LogP contribution >= 0.6 is 0 Å². The average molecular weight is 421 g/mol. The van der Waals surface area contributed by atoms with E-state index >= 15 is 0 Å². The van der Waals surface area contributed by atoms with E-state index in [2.05, 4.69) is 4.90 Å². The van der Waals surface area contributed by atoms with E-state index in [1.54, 1.807) is 7.11 Å². The van der Waals surface area contributed by atoms with Gasteiger partial charge in [-0.3, -0.25) is 15.0 Å². The number of piperazine rings is 1. The number of methoxy groups -OCH3 is 1. The van der Waals surface area contributed by atoms with E-state index in [1.807, 2.05) is 24.3 Å². The van der Waals surface area contributed by atoms with Gasteiger partial charge in [-0.15, -0.1) is 0 Å². The molecule has 0 saturated carbocycles. The summed E-state index contributed by atoms with van der Waals surface area (Å²) in [5, 5.41) is 10.7. The summed E-state index contributed by atoms with van der Waals surface area (Å²) in [6.07, 6.45) is 0. The number of hydrogen-bond donors (Lipinski definition) is 0. The molecule has 0 radical (unpaired) electrons. The van der Waals surface area contributed by atoms with E-state index < -0.39 is 14.9 Å². The van der Waals surface area contributed by atoms with Crippen molar-refractivity contribution >= 4 is 15.7 Å². The largest absolute Gasteiger partial charge is 0.497 e. The zero-order valence-electron chi connectivity index (χ0n) is 16.1. The van der Waals surface area contributed by atoms with Crippen molar-refractivity contribution in [2.75, 3.05) is 46.4 Å². The molecule has 0 amide bonds. The number of nitro benzene ring substituents is 1. The maximum Gasteiger partial charge on any atom is 0.269 e. The fourth-order valence-corrected chi connectivity index (χ4v) is 4.47. The first-order chi connectivity index (χ1) is 13.9. The van der Waals surface area contributed by atoms with Gasteiger partial charge in [0.25, 0.3) is 5.69 Å². The summed E-state index contributed by atoms with van der Waals surface area (Å²) in [6, 6.07) is 12.3. The molecule has 0 spiro atoms. The maximum atomic E-state index is 12.7. The third kappa shape index (κ3) is 5.22. The van der Waals surface area contributed by atoms with Gasteiger partial charge in [0, 0.05) is 44.9 Å². The van der Waals surface area contributed by atoms with Crippen molar-refractivity contribution in [1.29, 1.82) is 0 Å². The van der Waals surface area contributed by atoms with E-state index in [1.165, 1.54) is 28.6 Å². The van der Waals surface area contributed by atoms with Crippen LogP contribution in [-0.2, 0) is 10.0 Å². The van der Waals surface area contributed by atoms with Crippen LogP contribution < -0.4 is 9.47 Å². The zero-order valence-corrected chi connectivity index (χ0v) is 16.9. The smallest absolute Gasteiger partial charge is 0.269 e. The van der Waals surface area contributed by atoms with Crippen LogP contribution in [0.5, 0.6) is 11.5 Å². The molecule has 0 N–H and O–H groups in total. The Labute approximate surface area is 169 Å². The maximum absolute atomic E-state index is 12.7. The zero-order chi connectivity index (χ0) is 20.9. The van der Waals surface area contributed by atoms with Gasteiger partial charge in [0.2, 0.25) is 10.0 Å². The number of nitro groups is 1. The lowest BCUT2D eigenvalue weighted by atomic mass is 10.3. The summed E-state index contributed by atoms with van der Waals surface area (Å²) in [6.45, 7) is 3.11. The first-order valence-corrected chi connectivity index (χ1v) is 10.6. The summed E-state index contributed by atoms with van der Waals surface area (Å²) < 4.78 is 37.7. The molecule has 1 heterocycles. The van der Waals surface area contributed by atoms with E-state index in [9.17, 15) is 18.5 Å². The molecular weight excluding hydrogens is 398 g/mol. The summed E-state index contributed by atoms with van der Waals surface area (Å²) in [5.41, 5.74) is -0.134. The molecule has 1 fully saturated rings. The minimum absolute atomic E-state index is 0.0689. The van der Waals surface area contributed by atoms with Gasteiger partial charge >= 0.3 is 0 Å². The van der Waals surface area contributed by atoms with E-state index in [0.717, 1.165) is 11.5 Å². The number of sulfonamides is 1. The molecule has 0 atom stereocenters. The lowest BCUT2D eigenvalue weighted by Crippen LogP contribution is -2.49. The summed E-state index contributed by atoms with van der Waals surface area (Å²) >= 11 is 0. The fraction of sp³-hybridized carbons (Fsp3) is 0.368. The van der Waals surface area contributed by atoms with Gasteiger partial charge in [-0.05, 0) is 36.4 Å². The van der Waals surface area contributed by atoms with E-state index in [4.69, 9.17) is 9.47 Å². The molecule has 2 aromatic rings. The fourth-order valence-electron chi connectivity index (χ4n) is 3.05. The van der Waals surface area contributed by atoms with Crippen LogP contribution in [0.4, 0.5) is 5.69 Å². The van der Waals surface area contributed by atoms with Crippen LogP contribution in [-0.4, -0.2) is 69.0 Å². The van der Waals surface area contributed by atoms with Crippen LogP contribution in [0.25, 0.3) is 0 Å². The first kappa shape index (κ1) is 21.0. The number of non-ortho nitro benzene ring substituents is 1. The van der Waals surface area contributed by atoms with Crippen molar-refractivity contribution in [3.63, 3.8) is 0 Å². The van der Waals surface area contributed by atoms with Crippen molar-refractivity contribution in [3.05, 3.63) is 58.6 Å².